The third-order valence-corrected chi connectivity index (χ3v) is 2.15. The van der Waals surface area contributed by atoms with Crippen molar-refractivity contribution < 1.29 is 0 Å². The Bertz CT molecular complexity index is 412. The van der Waals surface area contributed by atoms with Crippen molar-refractivity contribution in [1.82, 2.24) is 25.0 Å². The predicted molar refractivity (Wildman–Crippen MR) is 52.7 cm³/mol. The van der Waals surface area contributed by atoms with Gasteiger partial charge < -0.3 is 0 Å². The number of H-pyrrole nitrogens is 1. The van der Waals surface area contributed by atoms with Crippen LogP contribution in [0, 0.1) is 0 Å². The monoisotopic (exact) mass is 191 g/mol. The zero-order chi connectivity index (χ0) is 10.1. The lowest BCUT2D eigenvalue weighted by Gasteiger charge is -1.95. The van der Waals surface area contributed by atoms with Crippen LogP contribution in [0.15, 0.2) is 12.4 Å². The normalized spacial score (nSPS) is 11.1. The highest BCUT2D eigenvalue weighted by Gasteiger charge is 2.11. The molecule has 2 aromatic rings. The highest BCUT2D eigenvalue weighted by Crippen LogP contribution is 2.19. The molecule has 2 aromatic heterocycles. The molecule has 1 N–H and O–H groups in total. The van der Waals surface area contributed by atoms with E-state index >= 15 is 0 Å². The molecule has 0 spiro atoms. The third-order valence-electron chi connectivity index (χ3n) is 2.15. The van der Waals surface area contributed by atoms with Crippen LogP contribution >= 0.6 is 0 Å². The van der Waals surface area contributed by atoms with Gasteiger partial charge in [-0.25, -0.2) is 4.98 Å². The summed E-state index contributed by atoms with van der Waals surface area (Å²) in [5.74, 6) is 1.18. The second kappa shape index (κ2) is 3.25. The molecule has 0 atom stereocenters. The molecular formula is C9H13N5. The van der Waals surface area contributed by atoms with Gasteiger partial charge in [-0.05, 0) is 12.0 Å². The number of hydrogen-bond donors (Lipinski definition) is 1. The smallest absolute Gasteiger partial charge is 0.173 e. The molecule has 0 unspecified atom stereocenters. The number of nitrogens with one attached hydrogen (secondary N) is 1. The SMILES string of the molecule is CC(C)c1cc(-c2ncn[nH]2)n(C)n1. The number of nitrogens with zero attached hydrogens (tertiary/aromatic N) is 4. The Balaban J connectivity index is 2.45. The molecule has 0 aliphatic carbocycles. The Labute approximate surface area is 82.2 Å². The van der Waals surface area contributed by atoms with E-state index < -0.39 is 0 Å². The van der Waals surface area contributed by atoms with Crippen LogP contribution in [0.25, 0.3) is 11.5 Å². The fourth-order valence-corrected chi connectivity index (χ4v) is 1.32. The van der Waals surface area contributed by atoms with Crippen LogP contribution in [0.1, 0.15) is 25.5 Å². The van der Waals surface area contributed by atoms with E-state index in [1.807, 2.05) is 17.8 Å². The average Bonchev–Trinajstić information content (AvgIpc) is 2.71. The quantitative estimate of drug-likeness (QED) is 0.779. The van der Waals surface area contributed by atoms with E-state index in [4.69, 9.17) is 0 Å². The second-order valence-electron chi connectivity index (χ2n) is 3.57. The molecule has 5 nitrogen and oxygen atoms in total. The van der Waals surface area contributed by atoms with Crippen molar-refractivity contribution in [2.24, 2.45) is 7.05 Å². The van der Waals surface area contributed by atoms with Gasteiger partial charge in [0.05, 0.1) is 5.69 Å². The standard InChI is InChI=1S/C9H13N5/c1-6(2)7-4-8(14(3)13-7)9-10-5-11-12-9/h4-6H,1-3H3,(H,10,11,12). The molecule has 0 aliphatic rings. The summed E-state index contributed by atoms with van der Waals surface area (Å²) in [7, 11) is 1.91. The van der Waals surface area contributed by atoms with E-state index in [0.717, 1.165) is 17.2 Å². The summed E-state index contributed by atoms with van der Waals surface area (Å²) in [6.45, 7) is 4.24. The first-order valence-electron chi connectivity index (χ1n) is 4.58. The highest BCUT2D eigenvalue weighted by atomic mass is 15.3. The Morgan fingerprint density at radius 2 is 2.21 bits per heavy atom. The number of aromatic amines is 1. The van der Waals surface area contributed by atoms with Crippen molar-refractivity contribution in [2.75, 3.05) is 0 Å². The molecule has 0 aromatic carbocycles. The average molecular weight is 191 g/mol. The molecule has 74 valence electrons. The molecule has 0 aliphatic heterocycles. The highest BCUT2D eigenvalue weighted by molar-refractivity contribution is 5.49. The maximum atomic E-state index is 4.40. The van der Waals surface area contributed by atoms with Crippen LogP contribution < -0.4 is 0 Å². The molecule has 0 saturated heterocycles. The van der Waals surface area contributed by atoms with Crippen LogP contribution in [-0.2, 0) is 7.05 Å². The lowest BCUT2D eigenvalue weighted by Crippen LogP contribution is -1.96. The van der Waals surface area contributed by atoms with E-state index in [-0.39, 0.29) is 0 Å². The van der Waals surface area contributed by atoms with Gasteiger partial charge in [0.25, 0.3) is 0 Å². The number of aromatic nitrogens is 5. The van der Waals surface area contributed by atoms with Crippen LogP contribution in [0.2, 0.25) is 0 Å². The van der Waals surface area contributed by atoms with Gasteiger partial charge >= 0.3 is 0 Å². The van der Waals surface area contributed by atoms with E-state index in [2.05, 4.69) is 34.1 Å². The molecule has 2 heterocycles. The zero-order valence-electron chi connectivity index (χ0n) is 8.52. The van der Waals surface area contributed by atoms with E-state index in [9.17, 15) is 0 Å². The van der Waals surface area contributed by atoms with Gasteiger partial charge in [-0.2, -0.15) is 10.2 Å². The molecule has 0 fully saturated rings. The predicted octanol–water partition coefficient (Wildman–Crippen LogP) is 1.33. The fraction of sp³-hybridized carbons (Fsp3) is 0.444. The summed E-state index contributed by atoms with van der Waals surface area (Å²) < 4.78 is 1.82. The van der Waals surface area contributed by atoms with E-state index in [1.54, 1.807) is 0 Å². The van der Waals surface area contributed by atoms with Crippen LogP contribution in [0.3, 0.4) is 0 Å². The molecule has 0 amide bonds. The summed E-state index contributed by atoms with van der Waals surface area (Å²) in [5.41, 5.74) is 2.03. The van der Waals surface area contributed by atoms with Crippen molar-refractivity contribution in [3.63, 3.8) is 0 Å². The Hall–Kier alpha value is -1.65. The number of hydrogen-bond acceptors (Lipinski definition) is 3. The molecule has 0 radical (unpaired) electrons. The van der Waals surface area contributed by atoms with Gasteiger partial charge in [0.15, 0.2) is 5.82 Å². The van der Waals surface area contributed by atoms with Gasteiger partial charge in [-0.3, -0.25) is 9.78 Å². The molecule has 0 saturated carbocycles. The van der Waals surface area contributed by atoms with Crippen molar-refractivity contribution in [3.8, 4) is 11.5 Å². The third kappa shape index (κ3) is 1.41. The summed E-state index contributed by atoms with van der Waals surface area (Å²) >= 11 is 0. The van der Waals surface area contributed by atoms with E-state index in [1.165, 1.54) is 6.33 Å². The summed E-state index contributed by atoms with van der Waals surface area (Å²) in [6, 6.07) is 2.03. The van der Waals surface area contributed by atoms with Crippen molar-refractivity contribution in [1.29, 1.82) is 0 Å². The fourth-order valence-electron chi connectivity index (χ4n) is 1.32. The van der Waals surface area contributed by atoms with Crippen LogP contribution in [-0.4, -0.2) is 25.0 Å². The van der Waals surface area contributed by atoms with Gasteiger partial charge in [0.1, 0.15) is 12.0 Å². The van der Waals surface area contributed by atoms with Gasteiger partial charge in [-0.1, -0.05) is 13.8 Å². The Morgan fingerprint density at radius 3 is 2.71 bits per heavy atom. The molecule has 0 bridgehead atoms. The first-order chi connectivity index (χ1) is 6.68. The Morgan fingerprint density at radius 1 is 1.43 bits per heavy atom. The lowest BCUT2D eigenvalue weighted by molar-refractivity contribution is 0.715. The summed E-state index contributed by atoms with van der Waals surface area (Å²) in [4.78, 5) is 4.09. The largest absolute Gasteiger partial charge is 0.264 e. The second-order valence-corrected chi connectivity index (χ2v) is 3.57. The zero-order valence-corrected chi connectivity index (χ0v) is 8.52. The molecular weight excluding hydrogens is 178 g/mol. The van der Waals surface area contributed by atoms with E-state index in [0.29, 0.717) is 5.92 Å². The van der Waals surface area contributed by atoms with Gasteiger partial charge in [0, 0.05) is 7.05 Å². The maximum absolute atomic E-state index is 4.40. The molecule has 2 rings (SSSR count). The topological polar surface area (TPSA) is 59.4 Å². The first kappa shape index (κ1) is 8.93. The van der Waals surface area contributed by atoms with Crippen LogP contribution in [0.5, 0.6) is 0 Å². The van der Waals surface area contributed by atoms with Crippen LogP contribution in [0.4, 0.5) is 0 Å². The number of aryl methyl sites for hydroxylation is 1. The molecule has 5 heteroatoms. The first-order valence-corrected chi connectivity index (χ1v) is 4.58. The van der Waals surface area contributed by atoms with Crippen molar-refractivity contribution >= 4 is 0 Å². The minimum Gasteiger partial charge on any atom is -0.264 e. The minimum atomic E-state index is 0.429. The Kier molecular flexibility index (Phi) is 2.07. The minimum absolute atomic E-state index is 0.429. The number of rotatable bonds is 2. The van der Waals surface area contributed by atoms with Gasteiger partial charge in [0.2, 0.25) is 0 Å². The van der Waals surface area contributed by atoms with Crippen molar-refractivity contribution in [3.05, 3.63) is 18.1 Å². The maximum Gasteiger partial charge on any atom is 0.173 e. The van der Waals surface area contributed by atoms with Gasteiger partial charge in [-0.15, -0.1) is 0 Å². The lowest BCUT2D eigenvalue weighted by atomic mass is 10.1. The molecule has 14 heavy (non-hydrogen) atoms. The van der Waals surface area contributed by atoms with Crippen molar-refractivity contribution in [2.45, 2.75) is 19.8 Å². The summed E-state index contributed by atoms with van der Waals surface area (Å²) in [5, 5.41) is 11.0. The summed E-state index contributed by atoms with van der Waals surface area (Å²) in [6.07, 6.45) is 1.50.